The summed E-state index contributed by atoms with van der Waals surface area (Å²) in [5, 5.41) is 4.46. The van der Waals surface area contributed by atoms with Gasteiger partial charge in [-0.1, -0.05) is 13.3 Å². The third-order valence-corrected chi connectivity index (χ3v) is 4.12. The Kier molecular flexibility index (Phi) is 4.20. The molecule has 0 aromatic carbocycles. The van der Waals surface area contributed by atoms with Crippen LogP contribution in [0, 0.1) is 11.8 Å². The molecule has 0 amide bonds. The number of aromatic nitrogens is 2. The van der Waals surface area contributed by atoms with Crippen molar-refractivity contribution in [3.05, 3.63) is 18.0 Å². The average Bonchev–Trinajstić information content (AvgIpc) is 2.96. The summed E-state index contributed by atoms with van der Waals surface area (Å²) in [6, 6.07) is 2.34. The Labute approximate surface area is 110 Å². The highest BCUT2D eigenvalue weighted by Gasteiger charge is 2.28. The van der Waals surface area contributed by atoms with Crippen molar-refractivity contribution in [3.8, 4) is 0 Å². The lowest BCUT2D eigenvalue weighted by Gasteiger charge is -2.08. The van der Waals surface area contributed by atoms with E-state index >= 15 is 0 Å². The molecule has 2 atom stereocenters. The van der Waals surface area contributed by atoms with Crippen molar-refractivity contribution in [2.45, 2.75) is 58.9 Å². The summed E-state index contributed by atoms with van der Waals surface area (Å²) in [5.41, 5.74) is 0.925. The van der Waals surface area contributed by atoms with Crippen LogP contribution in [0.5, 0.6) is 0 Å². The zero-order chi connectivity index (χ0) is 13.1. The Morgan fingerprint density at radius 3 is 2.83 bits per heavy atom. The van der Waals surface area contributed by atoms with Crippen LogP contribution in [0.4, 0.5) is 0 Å². The second kappa shape index (κ2) is 5.68. The second-order valence-corrected chi connectivity index (χ2v) is 5.81. The predicted molar refractivity (Wildman–Crippen MR) is 72.4 cm³/mol. The topological polar surface area (TPSA) is 34.9 Å². The van der Waals surface area contributed by atoms with E-state index in [0.29, 0.717) is 24.2 Å². The van der Waals surface area contributed by atoms with E-state index in [4.69, 9.17) is 0 Å². The Morgan fingerprint density at radius 1 is 1.50 bits per heavy atom. The molecule has 1 saturated carbocycles. The van der Waals surface area contributed by atoms with Gasteiger partial charge >= 0.3 is 0 Å². The van der Waals surface area contributed by atoms with Gasteiger partial charge in [0.05, 0.1) is 12.1 Å². The number of carbonyl (C=O) groups is 1. The quantitative estimate of drug-likeness (QED) is 0.800. The van der Waals surface area contributed by atoms with Crippen LogP contribution >= 0.6 is 0 Å². The molecule has 0 bridgehead atoms. The van der Waals surface area contributed by atoms with E-state index in [0.717, 1.165) is 24.5 Å². The first-order chi connectivity index (χ1) is 8.60. The molecule has 0 spiro atoms. The lowest BCUT2D eigenvalue weighted by Crippen LogP contribution is -2.15. The zero-order valence-electron chi connectivity index (χ0n) is 11.7. The largest absolute Gasteiger partial charge is 0.299 e. The maximum atomic E-state index is 12.2. The van der Waals surface area contributed by atoms with Gasteiger partial charge < -0.3 is 0 Å². The number of carbonyl (C=O) groups excluding carboxylic acids is 1. The maximum Gasteiger partial charge on any atom is 0.141 e. The van der Waals surface area contributed by atoms with Gasteiger partial charge in [-0.25, -0.2) is 0 Å². The van der Waals surface area contributed by atoms with Gasteiger partial charge in [0.2, 0.25) is 0 Å². The summed E-state index contributed by atoms with van der Waals surface area (Å²) >= 11 is 0. The summed E-state index contributed by atoms with van der Waals surface area (Å²) < 4.78 is 1.92. The minimum atomic E-state index is 0.291. The fourth-order valence-corrected chi connectivity index (χ4v) is 2.82. The van der Waals surface area contributed by atoms with Crippen LogP contribution in [-0.4, -0.2) is 15.6 Å². The van der Waals surface area contributed by atoms with Gasteiger partial charge in [-0.05, 0) is 45.1 Å². The number of rotatable bonds is 5. The summed E-state index contributed by atoms with van der Waals surface area (Å²) in [4.78, 5) is 12.2. The minimum absolute atomic E-state index is 0.291. The van der Waals surface area contributed by atoms with E-state index in [2.05, 4.69) is 25.9 Å². The van der Waals surface area contributed by atoms with E-state index < -0.39 is 0 Å². The standard InChI is InChI=1S/C15H24N2O/c1-4-12-5-6-13(9-12)15(18)10-14-7-8-17(16-14)11(2)3/h7-8,11-13H,4-6,9-10H2,1-3H3. The fraction of sp³-hybridized carbons (Fsp3) is 0.733. The second-order valence-electron chi connectivity index (χ2n) is 5.81. The molecule has 18 heavy (non-hydrogen) atoms. The molecule has 1 aromatic rings. The predicted octanol–water partition coefficient (Wildman–Crippen LogP) is 3.40. The first-order valence-corrected chi connectivity index (χ1v) is 7.16. The molecule has 2 unspecified atom stereocenters. The minimum Gasteiger partial charge on any atom is -0.299 e. The first kappa shape index (κ1) is 13.3. The Bertz CT molecular complexity index is 408. The molecular weight excluding hydrogens is 224 g/mol. The van der Waals surface area contributed by atoms with Gasteiger partial charge in [-0.3, -0.25) is 9.48 Å². The van der Waals surface area contributed by atoms with Crippen molar-refractivity contribution in [1.82, 2.24) is 9.78 Å². The summed E-state index contributed by atoms with van der Waals surface area (Å²) in [6.45, 7) is 6.42. The van der Waals surface area contributed by atoms with Crippen molar-refractivity contribution in [2.75, 3.05) is 0 Å². The van der Waals surface area contributed by atoms with Gasteiger partial charge in [0.25, 0.3) is 0 Å². The molecule has 100 valence electrons. The third-order valence-electron chi connectivity index (χ3n) is 4.12. The number of Topliss-reactive ketones (excluding diaryl/α,β-unsaturated/α-hetero) is 1. The van der Waals surface area contributed by atoms with E-state index in [1.807, 2.05) is 16.9 Å². The molecule has 3 heteroatoms. The van der Waals surface area contributed by atoms with Gasteiger partial charge in [-0.15, -0.1) is 0 Å². The zero-order valence-corrected chi connectivity index (χ0v) is 11.7. The molecule has 3 nitrogen and oxygen atoms in total. The van der Waals surface area contributed by atoms with Crippen LogP contribution in [0.3, 0.4) is 0 Å². The summed E-state index contributed by atoms with van der Waals surface area (Å²) in [5.74, 6) is 1.45. The van der Waals surface area contributed by atoms with Gasteiger partial charge in [-0.2, -0.15) is 5.10 Å². The van der Waals surface area contributed by atoms with Crippen molar-refractivity contribution < 1.29 is 4.79 Å². The Hall–Kier alpha value is -1.12. The molecule has 1 aliphatic rings. The van der Waals surface area contributed by atoms with Crippen molar-refractivity contribution in [1.29, 1.82) is 0 Å². The SMILES string of the molecule is CCC1CCC(C(=O)Cc2ccn(C(C)C)n2)C1. The Morgan fingerprint density at radius 2 is 2.28 bits per heavy atom. The maximum absolute atomic E-state index is 12.2. The molecule has 0 radical (unpaired) electrons. The van der Waals surface area contributed by atoms with Crippen LogP contribution in [-0.2, 0) is 11.2 Å². The van der Waals surface area contributed by atoms with Crippen molar-refractivity contribution in [3.63, 3.8) is 0 Å². The van der Waals surface area contributed by atoms with E-state index in [1.165, 1.54) is 12.8 Å². The average molecular weight is 248 g/mol. The number of hydrogen-bond donors (Lipinski definition) is 0. The smallest absolute Gasteiger partial charge is 0.141 e. The lowest BCUT2D eigenvalue weighted by atomic mass is 9.96. The number of ketones is 1. The summed E-state index contributed by atoms with van der Waals surface area (Å²) in [7, 11) is 0. The first-order valence-electron chi connectivity index (χ1n) is 7.16. The molecule has 1 aromatic heterocycles. The molecule has 0 saturated heterocycles. The highest BCUT2D eigenvalue weighted by atomic mass is 16.1. The van der Waals surface area contributed by atoms with Crippen LogP contribution in [0.25, 0.3) is 0 Å². The van der Waals surface area contributed by atoms with Crippen LogP contribution < -0.4 is 0 Å². The molecule has 0 N–H and O–H groups in total. The molecule has 1 fully saturated rings. The van der Waals surface area contributed by atoms with Crippen molar-refractivity contribution >= 4 is 5.78 Å². The fourth-order valence-electron chi connectivity index (χ4n) is 2.82. The molecular formula is C15H24N2O. The molecule has 0 aliphatic heterocycles. The normalized spacial score (nSPS) is 23.8. The van der Waals surface area contributed by atoms with Crippen LogP contribution in [0.1, 0.15) is 58.2 Å². The molecule has 1 heterocycles. The van der Waals surface area contributed by atoms with E-state index in [9.17, 15) is 4.79 Å². The number of hydrogen-bond acceptors (Lipinski definition) is 2. The lowest BCUT2D eigenvalue weighted by molar-refractivity contribution is -0.122. The van der Waals surface area contributed by atoms with Crippen molar-refractivity contribution in [2.24, 2.45) is 11.8 Å². The Balaban J connectivity index is 1.91. The van der Waals surface area contributed by atoms with Gasteiger partial charge in [0.15, 0.2) is 0 Å². The van der Waals surface area contributed by atoms with Crippen LogP contribution in [0.2, 0.25) is 0 Å². The number of nitrogens with zero attached hydrogens (tertiary/aromatic N) is 2. The highest BCUT2D eigenvalue weighted by molar-refractivity contribution is 5.83. The third kappa shape index (κ3) is 3.01. The molecule has 1 aliphatic carbocycles. The highest BCUT2D eigenvalue weighted by Crippen LogP contribution is 2.33. The van der Waals surface area contributed by atoms with Gasteiger partial charge in [0, 0.05) is 18.2 Å². The van der Waals surface area contributed by atoms with E-state index in [-0.39, 0.29) is 0 Å². The van der Waals surface area contributed by atoms with Gasteiger partial charge in [0.1, 0.15) is 5.78 Å². The van der Waals surface area contributed by atoms with E-state index in [1.54, 1.807) is 0 Å². The molecule has 2 rings (SSSR count). The monoisotopic (exact) mass is 248 g/mol. The summed E-state index contributed by atoms with van der Waals surface area (Å²) in [6.07, 6.45) is 7.11. The van der Waals surface area contributed by atoms with Crippen LogP contribution in [0.15, 0.2) is 12.3 Å².